The highest BCUT2D eigenvalue weighted by molar-refractivity contribution is 7.88. The van der Waals surface area contributed by atoms with Crippen LogP contribution in [0.25, 0.3) is 0 Å². The molecule has 1 aromatic heterocycles. The highest BCUT2D eigenvalue weighted by Gasteiger charge is 2.25. The molecular formula is C10H17N5O3S. The van der Waals surface area contributed by atoms with Crippen LogP contribution in [0.1, 0.15) is 12.8 Å². The second kappa shape index (κ2) is 5.57. The van der Waals surface area contributed by atoms with Crippen molar-refractivity contribution in [3.8, 4) is 0 Å². The summed E-state index contributed by atoms with van der Waals surface area (Å²) in [6, 6.07) is -0.316. The summed E-state index contributed by atoms with van der Waals surface area (Å²) in [7, 11) is -3.13. The number of hydrogen-bond donors (Lipinski definition) is 3. The average Bonchev–Trinajstić information content (AvgIpc) is 2.81. The molecule has 9 heteroatoms. The van der Waals surface area contributed by atoms with Crippen molar-refractivity contribution in [3.05, 3.63) is 12.4 Å². The zero-order valence-corrected chi connectivity index (χ0v) is 11.4. The first kappa shape index (κ1) is 13.8. The van der Waals surface area contributed by atoms with Crippen LogP contribution in [-0.4, -0.2) is 54.3 Å². The van der Waals surface area contributed by atoms with Crippen molar-refractivity contribution < 1.29 is 13.2 Å². The van der Waals surface area contributed by atoms with E-state index in [9.17, 15) is 13.2 Å². The van der Waals surface area contributed by atoms with E-state index in [0.29, 0.717) is 31.6 Å². The Hall–Kier alpha value is -1.61. The van der Waals surface area contributed by atoms with Gasteiger partial charge in [-0.05, 0) is 12.8 Å². The Morgan fingerprint density at radius 3 is 2.68 bits per heavy atom. The Bertz CT molecular complexity index is 519. The summed E-state index contributed by atoms with van der Waals surface area (Å²) in [6.07, 6.45) is 5.52. The minimum absolute atomic E-state index is 0.00935. The first-order valence-electron chi connectivity index (χ1n) is 5.96. The second-order valence-corrected chi connectivity index (χ2v) is 6.50. The van der Waals surface area contributed by atoms with Gasteiger partial charge in [-0.2, -0.15) is 5.10 Å². The Labute approximate surface area is 111 Å². The molecule has 106 valence electrons. The molecule has 0 saturated carbocycles. The van der Waals surface area contributed by atoms with Crippen molar-refractivity contribution in [1.82, 2.24) is 19.8 Å². The van der Waals surface area contributed by atoms with Gasteiger partial charge in [0, 0.05) is 25.3 Å². The molecule has 2 rings (SSSR count). The van der Waals surface area contributed by atoms with Crippen molar-refractivity contribution in [1.29, 1.82) is 0 Å². The number of urea groups is 1. The van der Waals surface area contributed by atoms with Gasteiger partial charge in [0.2, 0.25) is 10.0 Å². The number of rotatable bonds is 3. The minimum atomic E-state index is -3.13. The molecule has 0 aliphatic carbocycles. The molecule has 2 amide bonds. The van der Waals surface area contributed by atoms with Crippen LogP contribution in [-0.2, 0) is 10.0 Å². The molecule has 19 heavy (non-hydrogen) atoms. The SMILES string of the molecule is CS(=O)(=O)N1CCC(NC(=O)Nc2cn[nH]c2)CC1. The number of anilines is 1. The van der Waals surface area contributed by atoms with E-state index < -0.39 is 10.0 Å². The molecule has 0 aromatic carbocycles. The quantitative estimate of drug-likeness (QED) is 0.724. The number of carbonyl (C=O) groups is 1. The summed E-state index contributed by atoms with van der Waals surface area (Å²) in [6.45, 7) is 0.880. The fourth-order valence-corrected chi connectivity index (χ4v) is 2.88. The predicted molar refractivity (Wildman–Crippen MR) is 70.2 cm³/mol. The van der Waals surface area contributed by atoms with Crippen LogP contribution in [0.15, 0.2) is 12.4 Å². The average molecular weight is 287 g/mol. The van der Waals surface area contributed by atoms with E-state index >= 15 is 0 Å². The summed E-state index contributed by atoms with van der Waals surface area (Å²) in [5.74, 6) is 0. The molecule has 0 atom stereocenters. The minimum Gasteiger partial charge on any atom is -0.335 e. The standard InChI is InChI=1S/C10H17N5O3S/c1-19(17,18)15-4-2-8(3-5-15)13-10(16)14-9-6-11-12-7-9/h6-8H,2-5H2,1H3,(H,11,12)(H2,13,14,16). The van der Waals surface area contributed by atoms with E-state index in [2.05, 4.69) is 20.8 Å². The van der Waals surface area contributed by atoms with Gasteiger partial charge < -0.3 is 10.6 Å². The van der Waals surface area contributed by atoms with Crippen molar-refractivity contribution in [3.63, 3.8) is 0 Å². The molecule has 1 aliphatic rings. The van der Waals surface area contributed by atoms with Gasteiger partial charge in [-0.25, -0.2) is 17.5 Å². The molecule has 0 bridgehead atoms. The summed E-state index contributed by atoms with van der Waals surface area (Å²) < 4.78 is 24.1. The van der Waals surface area contributed by atoms with Crippen molar-refractivity contribution in [2.45, 2.75) is 18.9 Å². The third-order valence-electron chi connectivity index (χ3n) is 3.01. The molecule has 0 radical (unpaired) electrons. The lowest BCUT2D eigenvalue weighted by Gasteiger charge is -2.30. The number of H-pyrrole nitrogens is 1. The number of sulfonamides is 1. The zero-order chi connectivity index (χ0) is 13.9. The summed E-state index contributed by atoms with van der Waals surface area (Å²) in [5.41, 5.74) is 0.589. The number of aromatic nitrogens is 2. The zero-order valence-electron chi connectivity index (χ0n) is 10.6. The Kier molecular flexibility index (Phi) is 4.05. The molecule has 8 nitrogen and oxygen atoms in total. The van der Waals surface area contributed by atoms with Crippen LogP contribution in [0, 0.1) is 0 Å². The smallest absolute Gasteiger partial charge is 0.319 e. The number of carbonyl (C=O) groups excluding carboxylic acids is 1. The van der Waals surface area contributed by atoms with E-state index in [1.807, 2.05) is 0 Å². The molecule has 1 aromatic rings. The molecule has 1 fully saturated rings. The number of piperidine rings is 1. The van der Waals surface area contributed by atoms with Gasteiger partial charge >= 0.3 is 6.03 Å². The van der Waals surface area contributed by atoms with Gasteiger partial charge in [0.15, 0.2) is 0 Å². The molecule has 0 unspecified atom stereocenters. The van der Waals surface area contributed by atoms with Gasteiger partial charge in [0.1, 0.15) is 0 Å². The molecule has 1 saturated heterocycles. The van der Waals surface area contributed by atoms with Crippen LogP contribution in [0.3, 0.4) is 0 Å². The lowest BCUT2D eigenvalue weighted by molar-refractivity contribution is 0.238. The number of hydrogen-bond acceptors (Lipinski definition) is 4. The van der Waals surface area contributed by atoms with Crippen LogP contribution in [0.4, 0.5) is 10.5 Å². The third-order valence-corrected chi connectivity index (χ3v) is 4.32. The number of aromatic amines is 1. The van der Waals surface area contributed by atoms with Gasteiger partial charge in [0.25, 0.3) is 0 Å². The number of nitrogens with one attached hydrogen (secondary N) is 3. The largest absolute Gasteiger partial charge is 0.335 e. The van der Waals surface area contributed by atoms with E-state index in [1.165, 1.54) is 16.8 Å². The topological polar surface area (TPSA) is 107 Å². The van der Waals surface area contributed by atoms with Gasteiger partial charge in [-0.3, -0.25) is 5.10 Å². The molecular weight excluding hydrogens is 270 g/mol. The Morgan fingerprint density at radius 2 is 2.16 bits per heavy atom. The lowest BCUT2D eigenvalue weighted by Crippen LogP contribution is -2.47. The van der Waals surface area contributed by atoms with Crippen molar-refractivity contribution >= 4 is 21.7 Å². The summed E-state index contributed by atoms with van der Waals surface area (Å²) in [4.78, 5) is 11.7. The first-order chi connectivity index (χ1) is 8.95. The van der Waals surface area contributed by atoms with Crippen LogP contribution in [0.5, 0.6) is 0 Å². The fraction of sp³-hybridized carbons (Fsp3) is 0.600. The van der Waals surface area contributed by atoms with E-state index in [0.717, 1.165) is 0 Å². The highest BCUT2D eigenvalue weighted by Crippen LogP contribution is 2.13. The maximum atomic E-state index is 11.7. The maximum absolute atomic E-state index is 11.7. The van der Waals surface area contributed by atoms with Gasteiger partial charge in [-0.1, -0.05) is 0 Å². The highest BCUT2D eigenvalue weighted by atomic mass is 32.2. The molecule has 3 N–H and O–H groups in total. The fourth-order valence-electron chi connectivity index (χ4n) is 2.00. The Morgan fingerprint density at radius 1 is 1.47 bits per heavy atom. The molecule has 1 aliphatic heterocycles. The number of nitrogens with zero attached hydrogens (tertiary/aromatic N) is 2. The Balaban J connectivity index is 1.78. The van der Waals surface area contributed by atoms with Crippen molar-refractivity contribution in [2.24, 2.45) is 0 Å². The van der Waals surface area contributed by atoms with E-state index in [4.69, 9.17) is 0 Å². The normalized spacial score (nSPS) is 18.2. The predicted octanol–water partition coefficient (Wildman–Crippen LogP) is -0.0448. The molecule has 0 spiro atoms. The van der Waals surface area contributed by atoms with E-state index in [-0.39, 0.29) is 12.1 Å². The maximum Gasteiger partial charge on any atom is 0.319 e. The van der Waals surface area contributed by atoms with E-state index in [1.54, 1.807) is 6.20 Å². The van der Waals surface area contributed by atoms with Gasteiger partial charge in [0.05, 0.1) is 18.1 Å². The number of amides is 2. The monoisotopic (exact) mass is 287 g/mol. The molecule has 2 heterocycles. The lowest BCUT2D eigenvalue weighted by atomic mass is 10.1. The van der Waals surface area contributed by atoms with Crippen LogP contribution >= 0.6 is 0 Å². The van der Waals surface area contributed by atoms with Crippen molar-refractivity contribution in [2.75, 3.05) is 24.7 Å². The van der Waals surface area contributed by atoms with Crippen LogP contribution in [0.2, 0.25) is 0 Å². The summed E-state index contributed by atoms with van der Waals surface area (Å²) in [5, 5.41) is 11.8. The van der Waals surface area contributed by atoms with Gasteiger partial charge in [-0.15, -0.1) is 0 Å². The second-order valence-electron chi connectivity index (χ2n) is 4.52. The summed E-state index contributed by atoms with van der Waals surface area (Å²) >= 11 is 0. The first-order valence-corrected chi connectivity index (χ1v) is 7.81. The third kappa shape index (κ3) is 3.93. The van der Waals surface area contributed by atoms with Crippen LogP contribution < -0.4 is 10.6 Å².